The second-order valence-corrected chi connectivity index (χ2v) is 18.1. The molecule has 4 rings (SSSR count). The van der Waals surface area contributed by atoms with Crippen molar-refractivity contribution < 1.29 is 23.0 Å². The standard InChI is InChI=1S/2C9H7.C2H6Si.2ClH.Hf/c2*1-2-5-9-7-3-6-8(9)4-1;1-3-2;;;/h2*1-7H;1-2H3;2*1H;/q2*-1;;;;+2. The van der Waals surface area contributed by atoms with Crippen LogP contribution in [0.5, 0.6) is 0 Å². The average molecular weight is 540 g/mol. The molecule has 0 spiro atoms. The van der Waals surface area contributed by atoms with Gasteiger partial charge in [0.15, 0.2) is 0 Å². The summed E-state index contributed by atoms with van der Waals surface area (Å²) < 4.78 is 0. The molecule has 0 atom stereocenters. The Hall–Kier alpha value is -0.673. The van der Waals surface area contributed by atoms with E-state index in [1.165, 1.54) is 44.5 Å². The molecule has 0 aromatic heterocycles. The zero-order chi connectivity index (χ0) is 15.8. The fourth-order valence-corrected chi connectivity index (χ4v) is 2.14. The van der Waals surface area contributed by atoms with Crippen LogP contribution in [-0.2, 0) is 23.0 Å². The molecule has 0 N–H and O–H groups in total. The molecule has 0 unspecified atom stereocenters. The maximum absolute atomic E-state index is 2.33. The zero-order valence-electron chi connectivity index (χ0n) is 13.9. The van der Waals surface area contributed by atoms with Gasteiger partial charge >= 0.3 is 41.6 Å². The minimum atomic E-state index is 0. The van der Waals surface area contributed by atoms with Gasteiger partial charge in [0.2, 0.25) is 0 Å². The van der Waals surface area contributed by atoms with E-state index < -0.39 is 0 Å². The van der Waals surface area contributed by atoms with Crippen molar-refractivity contribution in [2.45, 2.75) is 13.1 Å². The first-order valence-electron chi connectivity index (χ1n) is 7.39. The third kappa shape index (κ3) is 7.93. The molecule has 0 aliphatic carbocycles. The molecule has 0 saturated carbocycles. The fourth-order valence-electron chi connectivity index (χ4n) is 2.14. The van der Waals surface area contributed by atoms with Crippen molar-refractivity contribution in [3.63, 3.8) is 0 Å². The van der Waals surface area contributed by atoms with E-state index in [2.05, 4.69) is 98.0 Å². The fraction of sp³-hybridized carbons (Fsp3) is 0.100. The van der Waals surface area contributed by atoms with Crippen molar-refractivity contribution in [2.75, 3.05) is 0 Å². The maximum Gasteiger partial charge on any atom is -0.0809 e. The van der Waals surface area contributed by atoms with Crippen molar-refractivity contribution in [1.82, 2.24) is 0 Å². The molecule has 0 aliphatic rings. The van der Waals surface area contributed by atoms with Gasteiger partial charge in [0.05, 0.1) is 0 Å². The Bertz CT molecular complexity index is 718. The van der Waals surface area contributed by atoms with Crippen LogP contribution >= 0.6 is 24.8 Å². The Morgan fingerprint density at radius 1 is 0.667 bits per heavy atom. The summed E-state index contributed by atoms with van der Waals surface area (Å²) in [7, 11) is 0. The summed E-state index contributed by atoms with van der Waals surface area (Å²) in [5, 5.41) is 5.32. The van der Waals surface area contributed by atoms with Crippen LogP contribution < -0.4 is 0 Å². The summed E-state index contributed by atoms with van der Waals surface area (Å²) in [6.45, 7) is 4.66. The van der Waals surface area contributed by atoms with Gasteiger partial charge in [0, 0.05) is 0 Å². The van der Waals surface area contributed by atoms with Crippen molar-refractivity contribution >= 4 is 51.9 Å². The summed E-state index contributed by atoms with van der Waals surface area (Å²) in [5.41, 5.74) is 0.259. The molecule has 0 radical (unpaired) electrons. The smallest absolute Gasteiger partial charge is 0.0809 e. The zero-order valence-corrected chi connectivity index (χ0v) is 20.1. The minimum Gasteiger partial charge on any atom is -0.168 e. The average Bonchev–Trinajstić information content (AvgIpc) is 3.16. The number of fused-ring (bicyclic) bond motifs is 2. The van der Waals surface area contributed by atoms with Crippen molar-refractivity contribution in [3.8, 4) is 0 Å². The number of halogens is 2. The van der Waals surface area contributed by atoms with Crippen molar-refractivity contribution in [3.05, 3.63) is 84.9 Å². The molecule has 0 bridgehead atoms. The summed E-state index contributed by atoms with van der Waals surface area (Å²) in [6, 6.07) is 29.3. The van der Waals surface area contributed by atoms with Gasteiger partial charge in [-0.3, -0.25) is 0 Å². The quantitative estimate of drug-likeness (QED) is 0.171. The van der Waals surface area contributed by atoms with Crippen LogP contribution in [0.25, 0.3) is 21.5 Å². The topological polar surface area (TPSA) is 0 Å². The molecule has 4 heteroatoms. The molecule has 4 aromatic rings. The number of hydrogen-bond acceptors (Lipinski definition) is 0. The Morgan fingerprint density at radius 2 is 1.00 bits per heavy atom. The van der Waals surface area contributed by atoms with Crippen LogP contribution in [0.3, 0.4) is 0 Å². The molecule has 0 saturated heterocycles. The molecule has 0 aliphatic heterocycles. The van der Waals surface area contributed by atoms with Gasteiger partial charge in [-0.05, 0) is 0 Å². The summed E-state index contributed by atoms with van der Waals surface area (Å²) in [4.78, 5) is 0. The van der Waals surface area contributed by atoms with Crippen LogP contribution in [0.1, 0.15) is 0 Å². The first-order chi connectivity index (χ1) is 10.7. The minimum absolute atomic E-state index is 0. The van der Waals surface area contributed by atoms with Gasteiger partial charge in [0.1, 0.15) is 0 Å². The number of hydrogen-bond donors (Lipinski definition) is 0. The predicted octanol–water partition coefficient (Wildman–Crippen LogP) is 6.75. The summed E-state index contributed by atoms with van der Waals surface area (Å²) in [5.74, 6) is 0. The van der Waals surface area contributed by atoms with E-state index in [0.29, 0.717) is 0 Å². The van der Waals surface area contributed by atoms with Gasteiger partial charge in [-0.2, -0.15) is 35.0 Å². The predicted molar refractivity (Wildman–Crippen MR) is 111 cm³/mol. The molecule has 0 fully saturated rings. The molecule has 0 amide bonds. The molecular weight excluding hydrogens is 518 g/mol. The molecule has 0 heterocycles. The summed E-state index contributed by atoms with van der Waals surface area (Å²) in [6.07, 6.45) is 0. The molecule has 0 nitrogen and oxygen atoms in total. The number of rotatable bonds is 0. The van der Waals surface area contributed by atoms with E-state index in [1.54, 1.807) is 0 Å². The van der Waals surface area contributed by atoms with Gasteiger partial charge in [-0.15, -0.1) is 84.1 Å². The van der Waals surface area contributed by atoms with E-state index >= 15 is 0 Å². The van der Waals surface area contributed by atoms with E-state index in [4.69, 9.17) is 0 Å². The normalized spacial score (nSPS) is 8.83. The van der Waals surface area contributed by atoms with Crippen molar-refractivity contribution in [1.29, 1.82) is 0 Å². The Labute approximate surface area is 171 Å². The van der Waals surface area contributed by atoms with Gasteiger partial charge in [-0.25, -0.2) is 0 Å². The van der Waals surface area contributed by atoms with Crippen LogP contribution in [0.2, 0.25) is 13.1 Å². The molecular formula is C20H22Cl2HfSi. The van der Waals surface area contributed by atoms with Gasteiger partial charge < -0.3 is 0 Å². The Balaban J connectivity index is 0.000000341. The summed E-state index contributed by atoms with van der Waals surface area (Å²) >= 11 is 1.45. The third-order valence-corrected chi connectivity index (χ3v) is 3.10. The van der Waals surface area contributed by atoms with Gasteiger partial charge in [-0.1, -0.05) is 12.1 Å². The van der Waals surface area contributed by atoms with E-state index in [0.717, 1.165) is 0 Å². The van der Waals surface area contributed by atoms with Crippen molar-refractivity contribution in [2.24, 2.45) is 0 Å². The van der Waals surface area contributed by atoms with Crippen LogP contribution in [0, 0.1) is 0 Å². The van der Waals surface area contributed by atoms with Crippen LogP contribution in [0.15, 0.2) is 84.9 Å². The molecule has 24 heavy (non-hydrogen) atoms. The largest absolute Gasteiger partial charge is 0.168 e. The number of benzene rings is 2. The first kappa shape index (κ1) is 23.3. The van der Waals surface area contributed by atoms with E-state index in [-0.39, 0.29) is 30.3 Å². The Morgan fingerprint density at radius 3 is 1.33 bits per heavy atom. The van der Waals surface area contributed by atoms with Crippen LogP contribution in [-0.4, -0.2) is 5.49 Å². The second kappa shape index (κ2) is 12.7. The first-order valence-corrected chi connectivity index (χ1v) is 15.3. The van der Waals surface area contributed by atoms with E-state index in [1.807, 2.05) is 0 Å². The maximum atomic E-state index is 2.33. The molecule has 124 valence electrons. The third-order valence-electron chi connectivity index (χ3n) is 3.10. The van der Waals surface area contributed by atoms with Gasteiger partial charge in [0.25, 0.3) is 0 Å². The monoisotopic (exact) mass is 540 g/mol. The van der Waals surface area contributed by atoms with Crippen LogP contribution in [0.4, 0.5) is 0 Å². The molecule has 4 aromatic carbocycles. The Kier molecular flexibility index (Phi) is 12.3. The van der Waals surface area contributed by atoms with E-state index in [9.17, 15) is 0 Å². The SMILES string of the molecule is C[Si](C)=[Hf+2].Cl.Cl.c1ccc2[cH-]ccc2c1.c1ccc2[cH-]ccc2c1. The second-order valence-electron chi connectivity index (χ2n) is 5.31.